The molecule has 0 spiro atoms. The molecule has 0 aromatic heterocycles. The van der Waals surface area contributed by atoms with Gasteiger partial charge in [0.1, 0.15) is 5.75 Å². The van der Waals surface area contributed by atoms with Crippen molar-refractivity contribution >= 4 is 23.3 Å². The number of methoxy groups -OCH3 is 1. The number of hydrogen-bond donors (Lipinski definition) is 0. The van der Waals surface area contributed by atoms with Crippen molar-refractivity contribution in [2.75, 3.05) is 12.0 Å². The number of fused-ring (bicyclic) bond motifs is 1. The molecule has 0 atom stereocenters. The second-order valence-corrected chi connectivity index (χ2v) is 3.37. The molecule has 0 aliphatic carbocycles. The van der Waals surface area contributed by atoms with Crippen LogP contribution in [0.5, 0.6) is 5.75 Å². The Morgan fingerprint density at radius 2 is 2.00 bits per heavy atom. The van der Waals surface area contributed by atoms with Crippen LogP contribution in [0.1, 0.15) is 17.3 Å². The highest BCUT2D eigenvalue weighted by Crippen LogP contribution is 2.31. The lowest BCUT2D eigenvalue weighted by molar-refractivity contribution is -0.122. The second kappa shape index (κ2) is 3.44. The van der Waals surface area contributed by atoms with E-state index in [0.29, 0.717) is 11.4 Å². The number of benzene rings is 1. The Balaban J connectivity index is 2.60. The minimum absolute atomic E-state index is 0.208. The molecular weight excluding hydrogens is 210 g/mol. The lowest BCUT2D eigenvalue weighted by atomic mass is 10.1. The molecule has 0 saturated carbocycles. The number of imide groups is 1. The van der Waals surface area contributed by atoms with Crippen LogP contribution in [0, 0.1) is 0 Å². The summed E-state index contributed by atoms with van der Waals surface area (Å²) in [7, 11) is 1.46. The average molecular weight is 219 g/mol. The van der Waals surface area contributed by atoms with Gasteiger partial charge in [-0.25, -0.2) is 4.90 Å². The van der Waals surface area contributed by atoms with Crippen LogP contribution >= 0.6 is 0 Å². The van der Waals surface area contributed by atoms with Crippen LogP contribution in [0.25, 0.3) is 0 Å². The van der Waals surface area contributed by atoms with E-state index >= 15 is 0 Å². The molecule has 82 valence electrons. The summed E-state index contributed by atoms with van der Waals surface area (Å²) in [4.78, 5) is 35.2. The predicted molar refractivity (Wildman–Crippen MR) is 55.5 cm³/mol. The lowest BCUT2D eigenvalue weighted by Crippen LogP contribution is -2.33. The molecule has 0 N–H and O–H groups in total. The van der Waals surface area contributed by atoms with Crippen LogP contribution in [0.3, 0.4) is 0 Å². The Morgan fingerprint density at radius 1 is 1.31 bits per heavy atom. The zero-order valence-corrected chi connectivity index (χ0v) is 8.81. The molecule has 2 amide bonds. The Hall–Kier alpha value is -2.17. The highest BCUT2D eigenvalue weighted by Gasteiger charge is 2.38. The third-order valence-corrected chi connectivity index (χ3v) is 2.40. The normalized spacial score (nSPS) is 14.0. The molecule has 1 aliphatic rings. The highest BCUT2D eigenvalue weighted by molar-refractivity contribution is 6.56. The number of Topliss-reactive ketones (excluding diaryl/α,β-unsaturated/α-hetero) is 1. The number of ketones is 1. The van der Waals surface area contributed by atoms with Crippen molar-refractivity contribution in [1.29, 1.82) is 0 Å². The van der Waals surface area contributed by atoms with Crippen molar-refractivity contribution in [3.05, 3.63) is 23.8 Å². The minimum atomic E-state index is -0.809. The first kappa shape index (κ1) is 10.4. The van der Waals surface area contributed by atoms with E-state index in [-0.39, 0.29) is 5.56 Å². The van der Waals surface area contributed by atoms with Crippen LogP contribution in [0.2, 0.25) is 0 Å². The first-order chi connectivity index (χ1) is 7.56. The number of amides is 2. The Kier molecular flexibility index (Phi) is 2.23. The molecule has 5 heteroatoms. The number of carbonyl (C=O) groups excluding carboxylic acids is 3. The number of rotatable bonds is 1. The lowest BCUT2D eigenvalue weighted by Gasteiger charge is -2.11. The zero-order valence-electron chi connectivity index (χ0n) is 8.81. The van der Waals surface area contributed by atoms with Gasteiger partial charge in [0.05, 0.1) is 18.4 Å². The summed E-state index contributed by atoms with van der Waals surface area (Å²) in [5, 5.41) is 0. The molecule has 5 nitrogen and oxygen atoms in total. The van der Waals surface area contributed by atoms with Crippen molar-refractivity contribution in [2.24, 2.45) is 0 Å². The van der Waals surface area contributed by atoms with E-state index in [1.165, 1.54) is 26.2 Å². The Labute approximate surface area is 91.6 Å². The van der Waals surface area contributed by atoms with E-state index in [9.17, 15) is 14.4 Å². The van der Waals surface area contributed by atoms with Gasteiger partial charge in [-0.2, -0.15) is 0 Å². The molecule has 0 fully saturated rings. The molecule has 0 saturated heterocycles. The number of hydrogen-bond acceptors (Lipinski definition) is 4. The third-order valence-electron chi connectivity index (χ3n) is 2.40. The van der Waals surface area contributed by atoms with Gasteiger partial charge >= 0.3 is 5.91 Å². The van der Waals surface area contributed by atoms with Gasteiger partial charge in [0.2, 0.25) is 5.91 Å². The van der Waals surface area contributed by atoms with Crippen LogP contribution in [-0.2, 0) is 9.59 Å². The molecular formula is C11H9NO4. The topological polar surface area (TPSA) is 63.7 Å². The molecule has 16 heavy (non-hydrogen) atoms. The molecule has 0 radical (unpaired) electrons. The fourth-order valence-electron chi connectivity index (χ4n) is 1.66. The predicted octanol–water partition coefficient (Wildman–Crippen LogP) is 0.771. The standard InChI is InChI=1S/C11H9NO4/c1-6(13)12-9-4-3-7(16-2)5-8(9)10(14)11(12)15/h3-5H,1-2H3. The van der Waals surface area contributed by atoms with E-state index in [0.717, 1.165) is 4.90 Å². The smallest absolute Gasteiger partial charge is 0.306 e. The van der Waals surface area contributed by atoms with E-state index < -0.39 is 17.6 Å². The van der Waals surface area contributed by atoms with Crippen molar-refractivity contribution in [3.63, 3.8) is 0 Å². The summed E-state index contributed by atoms with van der Waals surface area (Å²) in [6, 6.07) is 4.58. The summed E-state index contributed by atoms with van der Waals surface area (Å²) in [5.41, 5.74) is 0.530. The van der Waals surface area contributed by atoms with Crippen molar-refractivity contribution in [1.82, 2.24) is 0 Å². The van der Waals surface area contributed by atoms with Crippen LogP contribution in [0.4, 0.5) is 5.69 Å². The number of nitrogens with zero attached hydrogens (tertiary/aromatic N) is 1. The van der Waals surface area contributed by atoms with Crippen molar-refractivity contribution in [3.8, 4) is 5.75 Å². The van der Waals surface area contributed by atoms with Gasteiger partial charge in [-0.15, -0.1) is 0 Å². The molecule has 1 aliphatic heterocycles. The second-order valence-electron chi connectivity index (χ2n) is 3.37. The van der Waals surface area contributed by atoms with E-state index in [4.69, 9.17) is 4.74 Å². The summed E-state index contributed by atoms with van der Waals surface area (Å²) in [5.74, 6) is -1.48. The Bertz CT molecular complexity index is 507. The number of ether oxygens (including phenoxy) is 1. The third kappa shape index (κ3) is 1.29. The Morgan fingerprint density at radius 3 is 2.56 bits per heavy atom. The van der Waals surface area contributed by atoms with Crippen LogP contribution in [-0.4, -0.2) is 24.7 Å². The SMILES string of the molecule is COc1ccc2c(c1)C(=O)C(=O)N2C(C)=O. The van der Waals surface area contributed by atoms with E-state index in [1.807, 2.05) is 0 Å². The fraction of sp³-hybridized carbons (Fsp3) is 0.182. The monoisotopic (exact) mass is 219 g/mol. The van der Waals surface area contributed by atoms with E-state index in [2.05, 4.69) is 0 Å². The summed E-state index contributed by atoms with van der Waals surface area (Å²) < 4.78 is 4.95. The molecule has 0 bridgehead atoms. The van der Waals surface area contributed by atoms with Crippen LogP contribution in [0.15, 0.2) is 18.2 Å². The van der Waals surface area contributed by atoms with Gasteiger partial charge < -0.3 is 4.74 Å². The zero-order chi connectivity index (χ0) is 11.9. The van der Waals surface area contributed by atoms with Gasteiger partial charge in [-0.1, -0.05) is 0 Å². The molecule has 1 heterocycles. The average Bonchev–Trinajstić information content (AvgIpc) is 2.51. The maximum absolute atomic E-state index is 11.6. The van der Waals surface area contributed by atoms with Crippen LogP contribution < -0.4 is 9.64 Å². The molecule has 1 aromatic carbocycles. The van der Waals surface area contributed by atoms with Crippen molar-refractivity contribution in [2.45, 2.75) is 6.92 Å². The molecule has 2 rings (SSSR count). The fourth-order valence-corrected chi connectivity index (χ4v) is 1.66. The first-order valence-electron chi connectivity index (χ1n) is 4.63. The highest BCUT2D eigenvalue weighted by atomic mass is 16.5. The van der Waals surface area contributed by atoms with Gasteiger partial charge in [0.25, 0.3) is 5.78 Å². The molecule has 1 aromatic rings. The maximum atomic E-state index is 11.6. The first-order valence-corrected chi connectivity index (χ1v) is 4.63. The summed E-state index contributed by atoms with van der Waals surface area (Å²) in [6.07, 6.45) is 0. The summed E-state index contributed by atoms with van der Waals surface area (Å²) >= 11 is 0. The largest absolute Gasteiger partial charge is 0.497 e. The van der Waals surface area contributed by atoms with E-state index in [1.54, 1.807) is 6.07 Å². The van der Waals surface area contributed by atoms with Gasteiger partial charge in [-0.3, -0.25) is 14.4 Å². The maximum Gasteiger partial charge on any atom is 0.306 e. The van der Waals surface area contributed by atoms with Gasteiger partial charge in [-0.05, 0) is 18.2 Å². The van der Waals surface area contributed by atoms with Crippen molar-refractivity contribution < 1.29 is 19.1 Å². The van der Waals surface area contributed by atoms with Gasteiger partial charge in [0, 0.05) is 6.92 Å². The number of anilines is 1. The van der Waals surface area contributed by atoms with Gasteiger partial charge in [0.15, 0.2) is 0 Å². The quantitative estimate of drug-likeness (QED) is 0.654. The number of carbonyl (C=O) groups is 3. The minimum Gasteiger partial charge on any atom is -0.497 e. The summed E-state index contributed by atoms with van der Waals surface area (Å²) in [6.45, 7) is 1.24. The molecule has 0 unspecified atom stereocenters.